The molecule has 1 unspecified atom stereocenters. The van der Waals surface area contributed by atoms with Crippen molar-refractivity contribution in [2.75, 3.05) is 13.1 Å². The van der Waals surface area contributed by atoms with E-state index in [2.05, 4.69) is 10.2 Å². The van der Waals surface area contributed by atoms with Gasteiger partial charge in [0.25, 0.3) is 5.69 Å². The van der Waals surface area contributed by atoms with Crippen molar-refractivity contribution in [3.63, 3.8) is 0 Å². The van der Waals surface area contributed by atoms with Gasteiger partial charge in [0.1, 0.15) is 6.10 Å². The van der Waals surface area contributed by atoms with Gasteiger partial charge in [0.05, 0.1) is 16.4 Å². The summed E-state index contributed by atoms with van der Waals surface area (Å²) in [5.74, 6) is 0.345. The third-order valence-corrected chi connectivity index (χ3v) is 5.51. The summed E-state index contributed by atoms with van der Waals surface area (Å²) in [5.41, 5.74) is -0.153. The van der Waals surface area contributed by atoms with E-state index >= 15 is 0 Å². The Morgan fingerprint density at radius 2 is 2.00 bits per heavy atom. The van der Waals surface area contributed by atoms with Gasteiger partial charge >= 0.3 is 0 Å². The fourth-order valence-corrected chi connectivity index (χ4v) is 3.91. The number of nitro benzene ring substituents is 1. The molecule has 0 saturated carbocycles. The average Bonchev–Trinajstić information content (AvgIpc) is 3.05. The predicted octanol–water partition coefficient (Wildman–Crippen LogP) is 1.23. The van der Waals surface area contributed by atoms with E-state index in [1.807, 2.05) is 0 Å². The molecule has 126 valence electrons. The normalized spacial score (nSPS) is 18.4. The number of hydrogen-bond acceptors (Lipinski definition) is 7. The van der Waals surface area contributed by atoms with Gasteiger partial charge in [0.15, 0.2) is 0 Å². The number of ether oxygens (including phenoxy) is 1. The molecule has 24 heavy (non-hydrogen) atoms. The maximum absolute atomic E-state index is 12.6. The van der Waals surface area contributed by atoms with Crippen LogP contribution in [0.25, 0.3) is 0 Å². The Labute approximate surface area is 138 Å². The minimum Gasteiger partial charge on any atom is -0.472 e. The predicted molar refractivity (Wildman–Crippen MR) is 82.9 cm³/mol. The third-order valence-electron chi connectivity index (χ3n) is 3.63. The number of hydrogen-bond donors (Lipinski definition) is 0. The highest BCUT2D eigenvalue weighted by atomic mass is 32.2. The van der Waals surface area contributed by atoms with Crippen LogP contribution in [0.3, 0.4) is 0 Å². The van der Waals surface area contributed by atoms with Crippen molar-refractivity contribution in [1.29, 1.82) is 0 Å². The van der Waals surface area contributed by atoms with Gasteiger partial charge in [-0.15, -0.1) is 5.10 Å². The number of sulfonamides is 1. The first-order valence-electron chi connectivity index (χ1n) is 7.16. The molecule has 2 heterocycles. The van der Waals surface area contributed by atoms with E-state index in [0.29, 0.717) is 18.8 Å². The summed E-state index contributed by atoms with van der Waals surface area (Å²) in [4.78, 5) is 10.1. The highest BCUT2D eigenvalue weighted by Crippen LogP contribution is 2.24. The van der Waals surface area contributed by atoms with Crippen LogP contribution in [-0.4, -0.2) is 47.0 Å². The first-order valence-corrected chi connectivity index (χ1v) is 8.60. The van der Waals surface area contributed by atoms with Crippen LogP contribution in [0.4, 0.5) is 5.69 Å². The molecule has 0 amide bonds. The number of rotatable bonds is 5. The fraction of sp³-hybridized carbons (Fsp3) is 0.286. The highest BCUT2D eigenvalue weighted by Gasteiger charge is 2.34. The summed E-state index contributed by atoms with van der Waals surface area (Å²) in [6.07, 6.45) is 1.74. The first kappa shape index (κ1) is 16.3. The Kier molecular flexibility index (Phi) is 4.40. The maximum atomic E-state index is 12.6. The van der Waals surface area contributed by atoms with Crippen molar-refractivity contribution in [2.45, 2.75) is 17.4 Å². The number of non-ortho nitro benzene ring substituents is 1. The number of nitrogens with zero attached hydrogens (tertiary/aromatic N) is 4. The zero-order chi connectivity index (χ0) is 17.2. The average molecular weight is 350 g/mol. The van der Waals surface area contributed by atoms with Crippen molar-refractivity contribution < 1.29 is 18.1 Å². The van der Waals surface area contributed by atoms with Gasteiger partial charge in [0.2, 0.25) is 15.9 Å². The molecule has 0 bridgehead atoms. The minimum atomic E-state index is -3.71. The number of nitro groups is 1. The summed E-state index contributed by atoms with van der Waals surface area (Å²) in [5, 5.41) is 18.2. The molecule has 0 aliphatic carbocycles. The van der Waals surface area contributed by atoms with Gasteiger partial charge in [-0.05, 0) is 24.6 Å². The summed E-state index contributed by atoms with van der Waals surface area (Å²) < 4.78 is 32.1. The Morgan fingerprint density at radius 1 is 1.25 bits per heavy atom. The topological polar surface area (TPSA) is 116 Å². The standard InChI is InChI=1S/C14H14N4O5S/c19-18(20)11-3-5-13(6-4-11)24(21,22)17-9-7-12(10-17)23-14-2-1-8-15-16-14/h1-6,8,12H,7,9-10H2. The van der Waals surface area contributed by atoms with E-state index in [-0.39, 0.29) is 23.2 Å². The Bertz CT molecular complexity index is 826. The van der Waals surface area contributed by atoms with Gasteiger partial charge in [0, 0.05) is 30.9 Å². The Morgan fingerprint density at radius 3 is 2.62 bits per heavy atom. The Balaban J connectivity index is 1.71. The zero-order valence-electron chi connectivity index (χ0n) is 12.5. The van der Waals surface area contributed by atoms with E-state index in [4.69, 9.17) is 4.74 Å². The smallest absolute Gasteiger partial charge is 0.269 e. The lowest BCUT2D eigenvalue weighted by atomic mass is 10.3. The van der Waals surface area contributed by atoms with Crippen molar-refractivity contribution in [3.05, 3.63) is 52.7 Å². The molecular formula is C14H14N4O5S. The van der Waals surface area contributed by atoms with Gasteiger partial charge < -0.3 is 4.74 Å². The van der Waals surface area contributed by atoms with Crippen LogP contribution < -0.4 is 4.74 Å². The summed E-state index contributed by atoms with van der Waals surface area (Å²) in [7, 11) is -3.71. The lowest BCUT2D eigenvalue weighted by molar-refractivity contribution is -0.384. The van der Waals surface area contributed by atoms with Crippen LogP contribution in [-0.2, 0) is 10.0 Å². The van der Waals surface area contributed by atoms with Gasteiger partial charge in [-0.1, -0.05) is 0 Å². The third kappa shape index (κ3) is 3.34. The van der Waals surface area contributed by atoms with Crippen LogP contribution >= 0.6 is 0 Å². The van der Waals surface area contributed by atoms with Crippen LogP contribution in [0, 0.1) is 10.1 Å². The summed E-state index contributed by atoms with van der Waals surface area (Å²) in [6, 6.07) is 8.17. The molecule has 0 radical (unpaired) electrons. The SMILES string of the molecule is O=[N+]([O-])c1ccc(S(=O)(=O)N2CCC(Oc3cccnn3)C2)cc1. The van der Waals surface area contributed by atoms with Gasteiger partial charge in [-0.3, -0.25) is 10.1 Å². The van der Waals surface area contributed by atoms with E-state index < -0.39 is 14.9 Å². The van der Waals surface area contributed by atoms with Crippen molar-refractivity contribution in [2.24, 2.45) is 0 Å². The monoisotopic (exact) mass is 350 g/mol. The molecule has 1 fully saturated rings. The van der Waals surface area contributed by atoms with Crippen molar-refractivity contribution in [3.8, 4) is 5.88 Å². The van der Waals surface area contributed by atoms with Gasteiger partial charge in [-0.2, -0.15) is 9.40 Å². The second kappa shape index (κ2) is 6.49. The molecule has 9 nitrogen and oxygen atoms in total. The maximum Gasteiger partial charge on any atom is 0.269 e. The molecule has 0 N–H and O–H groups in total. The lowest BCUT2D eigenvalue weighted by Gasteiger charge is -2.16. The molecule has 1 aromatic carbocycles. The Hall–Kier alpha value is -2.59. The molecule has 1 aliphatic heterocycles. The molecule has 1 atom stereocenters. The van der Waals surface area contributed by atoms with Crippen LogP contribution in [0.1, 0.15) is 6.42 Å². The van der Waals surface area contributed by atoms with E-state index in [0.717, 1.165) is 0 Å². The molecule has 2 aromatic rings. The lowest BCUT2D eigenvalue weighted by Crippen LogP contribution is -2.31. The van der Waals surface area contributed by atoms with E-state index in [9.17, 15) is 18.5 Å². The molecule has 1 aromatic heterocycles. The van der Waals surface area contributed by atoms with Crippen molar-refractivity contribution in [1.82, 2.24) is 14.5 Å². The molecule has 0 spiro atoms. The first-order chi connectivity index (χ1) is 11.5. The van der Waals surface area contributed by atoms with Crippen molar-refractivity contribution >= 4 is 15.7 Å². The molecule has 1 aliphatic rings. The summed E-state index contributed by atoms with van der Waals surface area (Å²) in [6.45, 7) is 0.500. The highest BCUT2D eigenvalue weighted by molar-refractivity contribution is 7.89. The second-order valence-electron chi connectivity index (χ2n) is 5.20. The van der Waals surface area contributed by atoms with Crippen LogP contribution in [0.2, 0.25) is 0 Å². The second-order valence-corrected chi connectivity index (χ2v) is 7.14. The largest absolute Gasteiger partial charge is 0.472 e. The molecule has 1 saturated heterocycles. The van der Waals surface area contributed by atoms with E-state index in [1.165, 1.54) is 34.8 Å². The molecule has 3 rings (SSSR count). The van der Waals surface area contributed by atoms with Gasteiger partial charge in [-0.25, -0.2) is 8.42 Å². The fourth-order valence-electron chi connectivity index (χ4n) is 2.42. The van der Waals surface area contributed by atoms with E-state index in [1.54, 1.807) is 12.1 Å². The summed E-state index contributed by atoms with van der Waals surface area (Å²) >= 11 is 0. The minimum absolute atomic E-state index is 0.0215. The zero-order valence-corrected chi connectivity index (χ0v) is 13.3. The van der Waals surface area contributed by atoms with Crippen LogP contribution in [0.15, 0.2) is 47.5 Å². The van der Waals surface area contributed by atoms with Crippen LogP contribution in [0.5, 0.6) is 5.88 Å². The molecule has 10 heteroatoms. The number of benzene rings is 1. The number of aromatic nitrogens is 2. The quantitative estimate of drug-likeness (QED) is 0.588. The molecular weight excluding hydrogens is 336 g/mol.